The van der Waals surface area contributed by atoms with Gasteiger partial charge in [-0.05, 0) is 69.1 Å². The average Bonchev–Trinajstić information content (AvgIpc) is 2.40. The number of rotatable bonds is 3. The van der Waals surface area contributed by atoms with Crippen LogP contribution in [0.2, 0.25) is 0 Å². The molecule has 4 fully saturated rings. The molecule has 0 radical (unpaired) electrons. The molecule has 0 aromatic rings. The molecule has 120 valence electrons. The van der Waals surface area contributed by atoms with Crippen molar-refractivity contribution in [1.82, 2.24) is 0 Å². The van der Waals surface area contributed by atoms with Crippen molar-refractivity contribution in [2.45, 2.75) is 64.1 Å². The average molecular weight is 304 g/mol. The van der Waals surface area contributed by atoms with E-state index in [1.807, 2.05) is 6.92 Å². The second-order valence-corrected chi connectivity index (χ2v) is 7.30. The molecule has 0 N–H and O–H groups in total. The van der Waals surface area contributed by atoms with E-state index in [-0.39, 0.29) is 11.8 Å². The van der Waals surface area contributed by atoms with Gasteiger partial charge in [-0.1, -0.05) is 6.92 Å². The minimum absolute atomic E-state index is 0.267. The van der Waals surface area contributed by atoms with Crippen LogP contribution in [0, 0.1) is 29.6 Å². The summed E-state index contributed by atoms with van der Waals surface area (Å²) >= 11 is 0. The van der Waals surface area contributed by atoms with E-state index in [0.29, 0.717) is 18.3 Å². The maximum absolute atomic E-state index is 12.7. The molecule has 0 heterocycles. The summed E-state index contributed by atoms with van der Waals surface area (Å²) in [5.41, 5.74) is -0.635. The van der Waals surface area contributed by atoms with Crippen molar-refractivity contribution in [2.24, 2.45) is 29.6 Å². The molecule has 0 aromatic heterocycles. The van der Waals surface area contributed by atoms with Gasteiger partial charge in [0.1, 0.15) is 11.5 Å². The highest BCUT2D eigenvalue weighted by molar-refractivity contribution is 5.73. The molecule has 21 heavy (non-hydrogen) atoms. The van der Waals surface area contributed by atoms with Crippen LogP contribution < -0.4 is 0 Å². The van der Waals surface area contributed by atoms with Gasteiger partial charge in [0.15, 0.2) is 0 Å². The van der Waals surface area contributed by atoms with Gasteiger partial charge < -0.3 is 4.74 Å². The Morgan fingerprint density at radius 3 is 2.00 bits per heavy atom. The lowest BCUT2D eigenvalue weighted by Gasteiger charge is -2.60. The van der Waals surface area contributed by atoms with Crippen LogP contribution in [0.5, 0.6) is 0 Å². The van der Waals surface area contributed by atoms with Crippen molar-refractivity contribution in [3.05, 3.63) is 0 Å². The molecule has 0 aliphatic heterocycles. The molecule has 0 saturated heterocycles. The Labute approximate surface area is 123 Å². The van der Waals surface area contributed by atoms with Crippen molar-refractivity contribution in [3.8, 4) is 0 Å². The molecule has 0 spiro atoms. The fourth-order valence-electron chi connectivity index (χ4n) is 5.21. The first-order valence-electron chi connectivity index (χ1n) is 8.05. The lowest BCUT2D eigenvalue weighted by Crippen LogP contribution is -2.60. The summed E-state index contributed by atoms with van der Waals surface area (Å²) in [6.45, 7) is 2.86. The van der Waals surface area contributed by atoms with Gasteiger partial charge in [-0.25, -0.2) is 0 Å². The number of hydrogen-bond acceptors (Lipinski definition) is 2. The number of ether oxygens (including phenoxy) is 1. The third-order valence-electron chi connectivity index (χ3n) is 6.21. The Morgan fingerprint density at radius 2 is 1.62 bits per heavy atom. The van der Waals surface area contributed by atoms with E-state index in [1.165, 1.54) is 6.42 Å². The first kappa shape index (κ1) is 15.2. The minimum atomic E-state index is -4.52. The monoisotopic (exact) mass is 304 g/mol. The fourth-order valence-corrected chi connectivity index (χ4v) is 5.21. The third kappa shape index (κ3) is 2.36. The van der Waals surface area contributed by atoms with Crippen LogP contribution in [-0.2, 0) is 9.53 Å². The molecule has 2 nitrogen and oxygen atoms in total. The maximum Gasteiger partial charge on any atom is 0.401 e. The van der Waals surface area contributed by atoms with Crippen molar-refractivity contribution in [3.63, 3.8) is 0 Å². The molecule has 5 heteroatoms. The minimum Gasteiger partial charge on any atom is -0.458 e. The molecule has 1 atom stereocenters. The topological polar surface area (TPSA) is 26.3 Å². The van der Waals surface area contributed by atoms with Gasteiger partial charge in [0.25, 0.3) is 0 Å². The van der Waals surface area contributed by atoms with E-state index in [0.717, 1.165) is 32.6 Å². The van der Waals surface area contributed by atoms with Crippen molar-refractivity contribution in [1.29, 1.82) is 0 Å². The largest absolute Gasteiger partial charge is 0.458 e. The Bertz CT molecular complexity index is 402. The van der Waals surface area contributed by atoms with Gasteiger partial charge >= 0.3 is 12.1 Å². The Balaban J connectivity index is 1.80. The predicted molar refractivity (Wildman–Crippen MR) is 71.4 cm³/mol. The number of alkyl halides is 3. The molecule has 4 aliphatic rings. The standard InChI is InChI=1S/C16H23F3O2/c1-3-15(21-14(20)9(2)16(17,18)19)12-5-10-4-11(7-12)8-13(15)6-10/h9-13H,3-8H2,1-2H3. The molecular weight excluding hydrogens is 281 g/mol. The Hall–Kier alpha value is -0.740. The van der Waals surface area contributed by atoms with Crippen LogP contribution in [0.15, 0.2) is 0 Å². The fraction of sp³-hybridized carbons (Fsp3) is 0.938. The van der Waals surface area contributed by atoms with Gasteiger partial charge in [0, 0.05) is 0 Å². The lowest BCUT2D eigenvalue weighted by atomic mass is 9.49. The van der Waals surface area contributed by atoms with Crippen molar-refractivity contribution in [2.75, 3.05) is 0 Å². The smallest absolute Gasteiger partial charge is 0.401 e. The SMILES string of the molecule is CCC1(OC(=O)C(C)C(F)(F)F)C2CC3CC(C2)CC1C3. The van der Waals surface area contributed by atoms with Crippen LogP contribution in [0.4, 0.5) is 13.2 Å². The number of carbonyl (C=O) groups is 1. The van der Waals surface area contributed by atoms with Crippen LogP contribution in [0.25, 0.3) is 0 Å². The van der Waals surface area contributed by atoms with Crippen molar-refractivity contribution >= 4 is 5.97 Å². The Morgan fingerprint density at radius 1 is 1.14 bits per heavy atom. The summed E-state index contributed by atoms with van der Waals surface area (Å²) in [6.07, 6.45) is 1.47. The molecule has 4 aliphatic carbocycles. The van der Waals surface area contributed by atoms with E-state index in [4.69, 9.17) is 4.74 Å². The zero-order valence-electron chi connectivity index (χ0n) is 12.6. The maximum atomic E-state index is 12.7. The van der Waals surface area contributed by atoms with E-state index in [1.54, 1.807) is 0 Å². The molecular formula is C16H23F3O2. The van der Waals surface area contributed by atoms with Gasteiger partial charge in [-0.2, -0.15) is 13.2 Å². The summed E-state index contributed by atoms with van der Waals surface area (Å²) in [5, 5.41) is 0. The molecule has 4 rings (SSSR count). The molecule has 0 aromatic carbocycles. The summed E-state index contributed by atoms with van der Waals surface area (Å²) in [4.78, 5) is 12.0. The van der Waals surface area contributed by atoms with Gasteiger partial charge in [0.2, 0.25) is 0 Å². The van der Waals surface area contributed by atoms with Gasteiger partial charge in [-0.15, -0.1) is 0 Å². The molecule has 1 unspecified atom stereocenters. The summed E-state index contributed by atoms with van der Waals surface area (Å²) < 4.78 is 43.8. The summed E-state index contributed by atoms with van der Waals surface area (Å²) in [6, 6.07) is 0. The van der Waals surface area contributed by atoms with Crippen molar-refractivity contribution < 1.29 is 22.7 Å². The quantitative estimate of drug-likeness (QED) is 0.725. The Kier molecular flexibility index (Phi) is 3.53. The van der Waals surface area contributed by atoms with Gasteiger partial charge in [0.05, 0.1) is 0 Å². The predicted octanol–water partition coefficient (Wildman–Crippen LogP) is 4.33. The highest BCUT2D eigenvalue weighted by Crippen LogP contribution is 2.60. The van der Waals surface area contributed by atoms with Crippen LogP contribution >= 0.6 is 0 Å². The number of halogens is 3. The normalized spacial score (nSPS) is 42.9. The number of carbonyl (C=O) groups excluding carboxylic acids is 1. The number of hydrogen-bond donors (Lipinski definition) is 0. The van der Waals surface area contributed by atoms with Crippen LogP contribution in [0.1, 0.15) is 52.4 Å². The van der Waals surface area contributed by atoms with Crippen LogP contribution in [-0.4, -0.2) is 17.7 Å². The first-order valence-corrected chi connectivity index (χ1v) is 8.05. The summed E-state index contributed by atoms with van der Waals surface area (Å²) in [7, 11) is 0. The first-order chi connectivity index (χ1) is 9.76. The number of esters is 1. The third-order valence-corrected chi connectivity index (χ3v) is 6.21. The zero-order chi connectivity index (χ0) is 15.4. The molecule has 4 saturated carbocycles. The highest BCUT2D eigenvalue weighted by atomic mass is 19.4. The zero-order valence-corrected chi connectivity index (χ0v) is 12.6. The van der Waals surface area contributed by atoms with Gasteiger partial charge in [-0.3, -0.25) is 4.79 Å². The van der Waals surface area contributed by atoms with E-state index < -0.39 is 23.7 Å². The summed E-state index contributed by atoms with van der Waals surface area (Å²) in [5.74, 6) is -1.18. The lowest BCUT2D eigenvalue weighted by molar-refractivity contribution is -0.233. The molecule has 4 bridgehead atoms. The highest BCUT2D eigenvalue weighted by Gasteiger charge is 2.59. The van der Waals surface area contributed by atoms with Crippen LogP contribution in [0.3, 0.4) is 0 Å². The second kappa shape index (κ2) is 4.88. The van der Waals surface area contributed by atoms with E-state index in [2.05, 4.69) is 0 Å². The second-order valence-electron chi connectivity index (χ2n) is 7.30. The van der Waals surface area contributed by atoms with E-state index >= 15 is 0 Å². The molecule has 0 amide bonds. The van der Waals surface area contributed by atoms with E-state index in [9.17, 15) is 18.0 Å².